The van der Waals surface area contributed by atoms with Gasteiger partial charge in [0, 0.05) is 5.56 Å². The van der Waals surface area contributed by atoms with Gasteiger partial charge in [0.25, 0.3) is 5.89 Å². The molecule has 0 amide bonds. The van der Waals surface area contributed by atoms with Gasteiger partial charge in [0.2, 0.25) is 0 Å². The van der Waals surface area contributed by atoms with Crippen molar-refractivity contribution in [3.8, 4) is 11.5 Å². The lowest BCUT2D eigenvalue weighted by atomic mass is 10.1. The summed E-state index contributed by atoms with van der Waals surface area (Å²) >= 11 is 6.08. The van der Waals surface area contributed by atoms with E-state index in [0.717, 1.165) is 12.0 Å². The SMILES string of the molecule is CCC(Cl)c1noc(-c2ccc3c(c2)COC3)n1. The molecule has 3 rings (SSSR count). The molecule has 2 heterocycles. The van der Waals surface area contributed by atoms with E-state index in [1.165, 1.54) is 11.1 Å². The Hall–Kier alpha value is -1.39. The van der Waals surface area contributed by atoms with Crippen LogP contribution in [0.4, 0.5) is 0 Å². The molecule has 5 heteroatoms. The first-order chi connectivity index (χ1) is 8.78. The number of alkyl halides is 1. The van der Waals surface area contributed by atoms with Gasteiger partial charge < -0.3 is 9.26 Å². The van der Waals surface area contributed by atoms with Gasteiger partial charge in [0.1, 0.15) is 0 Å². The number of ether oxygens (including phenoxy) is 1. The van der Waals surface area contributed by atoms with E-state index in [4.69, 9.17) is 20.9 Å². The molecule has 0 N–H and O–H groups in total. The number of benzene rings is 1. The Kier molecular flexibility index (Phi) is 3.06. The highest BCUT2D eigenvalue weighted by Crippen LogP contribution is 2.28. The maximum absolute atomic E-state index is 6.08. The predicted octanol–water partition coefficient (Wildman–Crippen LogP) is 3.46. The number of fused-ring (bicyclic) bond motifs is 1. The van der Waals surface area contributed by atoms with Crippen molar-refractivity contribution in [2.45, 2.75) is 31.9 Å². The Morgan fingerprint density at radius 1 is 1.33 bits per heavy atom. The second-order valence-electron chi connectivity index (χ2n) is 4.31. The molecule has 18 heavy (non-hydrogen) atoms. The fourth-order valence-electron chi connectivity index (χ4n) is 1.97. The zero-order valence-corrected chi connectivity index (χ0v) is 10.8. The third-order valence-electron chi connectivity index (χ3n) is 3.05. The minimum atomic E-state index is -0.194. The second kappa shape index (κ2) is 4.71. The number of nitrogens with zero attached hydrogens (tertiary/aromatic N) is 2. The summed E-state index contributed by atoms with van der Waals surface area (Å²) < 4.78 is 10.6. The molecule has 94 valence electrons. The largest absolute Gasteiger partial charge is 0.372 e. The van der Waals surface area contributed by atoms with Crippen molar-refractivity contribution in [3.63, 3.8) is 0 Å². The molecule has 0 aliphatic carbocycles. The highest BCUT2D eigenvalue weighted by molar-refractivity contribution is 6.20. The highest BCUT2D eigenvalue weighted by Gasteiger charge is 2.17. The first-order valence-electron chi connectivity index (χ1n) is 5.95. The Morgan fingerprint density at radius 3 is 3.00 bits per heavy atom. The van der Waals surface area contributed by atoms with E-state index in [9.17, 15) is 0 Å². The molecule has 0 saturated carbocycles. The second-order valence-corrected chi connectivity index (χ2v) is 4.84. The smallest absolute Gasteiger partial charge is 0.257 e. The van der Waals surface area contributed by atoms with Crippen LogP contribution in [0.5, 0.6) is 0 Å². The molecule has 1 aliphatic rings. The van der Waals surface area contributed by atoms with Crippen LogP contribution >= 0.6 is 11.6 Å². The van der Waals surface area contributed by atoms with Gasteiger partial charge in [-0.25, -0.2) is 0 Å². The third kappa shape index (κ3) is 2.02. The normalized spacial score (nSPS) is 15.7. The van der Waals surface area contributed by atoms with E-state index >= 15 is 0 Å². The number of halogens is 1. The van der Waals surface area contributed by atoms with Crippen LogP contribution < -0.4 is 0 Å². The Labute approximate surface area is 110 Å². The molecule has 0 fully saturated rings. The maximum atomic E-state index is 6.08. The lowest BCUT2D eigenvalue weighted by molar-refractivity contribution is 0.134. The van der Waals surface area contributed by atoms with Gasteiger partial charge in [0.15, 0.2) is 5.82 Å². The molecule has 1 unspecified atom stereocenters. The fourth-order valence-corrected chi connectivity index (χ4v) is 2.06. The minimum absolute atomic E-state index is 0.194. The Morgan fingerprint density at radius 2 is 2.17 bits per heavy atom. The summed E-state index contributed by atoms with van der Waals surface area (Å²) in [6.45, 7) is 3.32. The van der Waals surface area contributed by atoms with Crippen molar-refractivity contribution in [2.24, 2.45) is 0 Å². The van der Waals surface area contributed by atoms with E-state index in [-0.39, 0.29) is 5.38 Å². The van der Waals surface area contributed by atoms with Gasteiger partial charge in [0.05, 0.1) is 18.6 Å². The molecule has 4 nitrogen and oxygen atoms in total. The summed E-state index contributed by atoms with van der Waals surface area (Å²) in [6, 6.07) is 6.05. The lowest BCUT2D eigenvalue weighted by Gasteiger charge is -1.99. The standard InChI is InChI=1S/C13H13ClN2O2/c1-2-11(14)12-15-13(18-16-12)8-3-4-9-6-17-7-10(9)5-8/h3-5,11H,2,6-7H2,1H3. The van der Waals surface area contributed by atoms with Crippen molar-refractivity contribution in [3.05, 3.63) is 35.2 Å². The molecule has 0 saturated heterocycles. The van der Waals surface area contributed by atoms with Crippen molar-refractivity contribution in [1.82, 2.24) is 10.1 Å². The molecular weight excluding hydrogens is 252 g/mol. The van der Waals surface area contributed by atoms with Crippen LogP contribution in [0.3, 0.4) is 0 Å². The molecule has 1 aromatic heterocycles. The van der Waals surface area contributed by atoms with Gasteiger partial charge >= 0.3 is 0 Å². The summed E-state index contributed by atoms with van der Waals surface area (Å²) in [5.41, 5.74) is 3.32. The van der Waals surface area contributed by atoms with Crippen LogP contribution in [0.2, 0.25) is 0 Å². The Balaban J connectivity index is 1.92. The van der Waals surface area contributed by atoms with E-state index in [2.05, 4.69) is 10.1 Å². The van der Waals surface area contributed by atoms with Crippen molar-refractivity contribution >= 4 is 11.6 Å². The van der Waals surface area contributed by atoms with Crippen LogP contribution in [0.25, 0.3) is 11.5 Å². The topological polar surface area (TPSA) is 48.2 Å². The minimum Gasteiger partial charge on any atom is -0.372 e. The summed E-state index contributed by atoms with van der Waals surface area (Å²) in [6.07, 6.45) is 0.776. The zero-order chi connectivity index (χ0) is 12.5. The van der Waals surface area contributed by atoms with Gasteiger partial charge in [-0.3, -0.25) is 0 Å². The van der Waals surface area contributed by atoms with Crippen molar-refractivity contribution < 1.29 is 9.26 Å². The van der Waals surface area contributed by atoms with Crippen molar-refractivity contribution in [1.29, 1.82) is 0 Å². The van der Waals surface area contributed by atoms with Gasteiger partial charge in [-0.15, -0.1) is 11.6 Å². The van der Waals surface area contributed by atoms with Gasteiger partial charge in [-0.2, -0.15) is 4.98 Å². The highest BCUT2D eigenvalue weighted by atomic mass is 35.5. The quantitative estimate of drug-likeness (QED) is 0.797. The molecule has 1 aliphatic heterocycles. The molecule has 0 bridgehead atoms. The number of aromatic nitrogens is 2. The van der Waals surface area contributed by atoms with Gasteiger partial charge in [-0.05, 0) is 29.7 Å². The van der Waals surface area contributed by atoms with Gasteiger partial charge in [-0.1, -0.05) is 18.1 Å². The van der Waals surface area contributed by atoms with Crippen molar-refractivity contribution in [2.75, 3.05) is 0 Å². The first kappa shape index (κ1) is 11.7. The van der Waals surface area contributed by atoms with Crippen LogP contribution in [0.1, 0.15) is 35.7 Å². The Bertz CT molecular complexity index is 568. The molecule has 0 spiro atoms. The van der Waals surface area contributed by atoms with Crippen LogP contribution in [-0.4, -0.2) is 10.1 Å². The van der Waals surface area contributed by atoms with Crippen LogP contribution in [-0.2, 0) is 18.0 Å². The van der Waals surface area contributed by atoms with E-state index in [1.807, 2.05) is 25.1 Å². The summed E-state index contributed by atoms with van der Waals surface area (Å²) in [4.78, 5) is 4.33. The number of hydrogen-bond donors (Lipinski definition) is 0. The molecular formula is C13H13ClN2O2. The molecule has 1 atom stereocenters. The molecule has 1 aromatic carbocycles. The van der Waals surface area contributed by atoms with E-state index in [0.29, 0.717) is 24.9 Å². The third-order valence-corrected chi connectivity index (χ3v) is 3.55. The zero-order valence-electron chi connectivity index (χ0n) is 10.0. The van der Waals surface area contributed by atoms with Crippen LogP contribution in [0, 0.1) is 0 Å². The predicted molar refractivity (Wildman–Crippen MR) is 67.1 cm³/mol. The molecule has 0 radical (unpaired) electrons. The summed E-state index contributed by atoms with van der Waals surface area (Å²) in [7, 11) is 0. The average molecular weight is 265 g/mol. The summed E-state index contributed by atoms with van der Waals surface area (Å²) in [5, 5.41) is 3.71. The number of hydrogen-bond acceptors (Lipinski definition) is 4. The monoisotopic (exact) mass is 264 g/mol. The molecule has 2 aromatic rings. The van der Waals surface area contributed by atoms with E-state index < -0.39 is 0 Å². The lowest BCUT2D eigenvalue weighted by Crippen LogP contribution is -1.91. The maximum Gasteiger partial charge on any atom is 0.257 e. The summed E-state index contributed by atoms with van der Waals surface area (Å²) in [5.74, 6) is 1.06. The van der Waals surface area contributed by atoms with E-state index in [1.54, 1.807) is 0 Å². The first-order valence-corrected chi connectivity index (χ1v) is 6.39. The fraction of sp³-hybridized carbons (Fsp3) is 0.385. The average Bonchev–Trinajstić information content (AvgIpc) is 3.05. The van der Waals surface area contributed by atoms with Crippen LogP contribution in [0.15, 0.2) is 22.7 Å². The number of rotatable bonds is 3.